The fraction of sp³-hybridized carbons (Fsp3) is 0.538. The molecule has 5 heteroatoms. The molecule has 0 radical (unpaired) electrons. The van der Waals surface area contributed by atoms with Crippen LogP contribution < -0.4 is 10.6 Å². The van der Waals surface area contributed by atoms with E-state index in [9.17, 15) is 0 Å². The van der Waals surface area contributed by atoms with E-state index in [2.05, 4.69) is 23.7 Å². The Morgan fingerprint density at radius 2 is 2.22 bits per heavy atom. The summed E-state index contributed by atoms with van der Waals surface area (Å²) in [6.45, 7) is 6.72. The van der Waals surface area contributed by atoms with Crippen molar-refractivity contribution in [3.05, 3.63) is 24.0 Å². The van der Waals surface area contributed by atoms with Gasteiger partial charge in [0.25, 0.3) is 0 Å². The van der Waals surface area contributed by atoms with Gasteiger partial charge in [-0.05, 0) is 18.6 Å². The Morgan fingerprint density at radius 1 is 1.44 bits per heavy atom. The molecular weight excluding hydrogens is 244 g/mol. The number of anilines is 1. The van der Waals surface area contributed by atoms with Gasteiger partial charge >= 0.3 is 0 Å². The SMILES string of the molecule is CC1(C)CCN(c2ccc(C(=N)N)nc2)CCS1. The van der Waals surface area contributed by atoms with Crippen LogP contribution in [0.4, 0.5) is 5.69 Å². The van der Waals surface area contributed by atoms with Gasteiger partial charge in [-0.1, -0.05) is 13.8 Å². The highest BCUT2D eigenvalue weighted by atomic mass is 32.2. The topological polar surface area (TPSA) is 66.0 Å². The Hall–Kier alpha value is -1.23. The maximum atomic E-state index is 7.34. The largest absolute Gasteiger partial charge is 0.382 e. The van der Waals surface area contributed by atoms with E-state index in [1.807, 2.05) is 30.1 Å². The lowest BCUT2D eigenvalue weighted by molar-refractivity contribution is 0.637. The number of thioether (sulfide) groups is 1. The minimum atomic E-state index is 0.0223. The van der Waals surface area contributed by atoms with E-state index in [0.717, 1.165) is 24.5 Å². The molecular formula is C13H20N4S. The average Bonchev–Trinajstić information content (AvgIpc) is 2.50. The summed E-state index contributed by atoms with van der Waals surface area (Å²) in [4.78, 5) is 6.58. The van der Waals surface area contributed by atoms with Gasteiger partial charge in [0.15, 0.2) is 0 Å². The standard InChI is InChI=1S/C13H20N4S/c1-13(2)5-6-17(7-8-18-13)10-3-4-11(12(14)15)16-9-10/h3-4,9H,5-8H2,1-2H3,(H3,14,15). The third-order valence-corrected chi connectivity index (χ3v) is 4.60. The smallest absolute Gasteiger partial charge is 0.141 e. The van der Waals surface area contributed by atoms with Crippen LogP contribution in [0.15, 0.2) is 18.3 Å². The van der Waals surface area contributed by atoms with E-state index in [4.69, 9.17) is 11.1 Å². The van der Waals surface area contributed by atoms with Gasteiger partial charge in [-0.25, -0.2) is 0 Å². The minimum Gasteiger partial charge on any atom is -0.382 e. The fourth-order valence-electron chi connectivity index (χ4n) is 2.01. The summed E-state index contributed by atoms with van der Waals surface area (Å²) in [7, 11) is 0. The van der Waals surface area contributed by atoms with Crippen molar-refractivity contribution in [1.82, 2.24) is 4.98 Å². The summed E-state index contributed by atoms with van der Waals surface area (Å²) >= 11 is 2.03. The maximum Gasteiger partial charge on any atom is 0.141 e. The van der Waals surface area contributed by atoms with Gasteiger partial charge < -0.3 is 10.6 Å². The normalized spacial score (nSPS) is 19.3. The first kappa shape index (κ1) is 13.2. The number of nitrogens with two attached hydrogens (primary N) is 1. The zero-order valence-corrected chi connectivity index (χ0v) is 11.8. The third-order valence-electron chi connectivity index (χ3n) is 3.23. The van der Waals surface area contributed by atoms with Crippen LogP contribution in [-0.2, 0) is 0 Å². The minimum absolute atomic E-state index is 0.0223. The number of pyridine rings is 1. The van der Waals surface area contributed by atoms with Crippen LogP contribution in [0, 0.1) is 5.41 Å². The van der Waals surface area contributed by atoms with E-state index >= 15 is 0 Å². The monoisotopic (exact) mass is 264 g/mol. The fourth-order valence-corrected chi connectivity index (χ4v) is 3.11. The molecule has 0 amide bonds. The summed E-state index contributed by atoms with van der Waals surface area (Å²) < 4.78 is 0.363. The molecule has 98 valence electrons. The summed E-state index contributed by atoms with van der Waals surface area (Å²) in [6.07, 6.45) is 2.99. The number of aromatic nitrogens is 1. The molecule has 0 bridgehead atoms. The van der Waals surface area contributed by atoms with Crippen LogP contribution in [0.5, 0.6) is 0 Å². The second-order valence-electron chi connectivity index (χ2n) is 5.16. The van der Waals surface area contributed by atoms with E-state index in [-0.39, 0.29) is 5.84 Å². The molecule has 1 fully saturated rings. The van der Waals surface area contributed by atoms with Crippen molar-refractivity contribution in [1.29, 1.82) is 5.41 Å². The number of nitrogens with one attached hydrogen (secondary N) is 1. The molecule has 0 saturated carbocycles. The van der Waals surface area contributed by atoms with Crippen molar-refractivity contribution >= 4 is 23.3 Å². The summed E-state index contributed by atoms with van der Waals surface area (Å²) in [5.74, 6) is 1.16. The predicted molar refractivity (Wildman–Crippen MR) is 78.6 cm³/mol. The second-order valence-corrected chi connectivity index (χ2v) is 6.96. The van der Waals surface area contributed by atoms with Crippen molar-refractivity contribution in [2.24, 2.45) is 5.73 Å². The van der Waals surface area contributed by atoms with Gasteiger partial charge in [-0.3, -0.25) is 10.4 Å². The van der Waals surface area contributed by atoms with Crippen LogP contribution in [0.3, 0.4) is 0 Å². The van der Waals surface area contributed by atoms with Crippen molar-refractivity contribution in [2.75, 3.05) is 23.7 Å². The number of nitrogens with zero attached hydrogens (tertiary/aromatic N) is 2. The molecule has 1 saturated heterocycles. The van der Waals surface area contributed by atoms with Gasteiger partial charge in [0, 0.05) is 23.6 Å². The van der Waals surface area contributed by atoms with Crippen LogP contribution >= 0.6 is 11.8 Å². The summed E-state index contributed by atoms with van der Waals surface area (Å²) in [5.41, 5.74) is 7.07. The van der Waals surface area contributed by atoms with Gasteiger partial charge in [-0.15, -0.1) is 0 Å². The molecule has 0 unspecified atom stereocenters. The molecule has 18 heavy (non-hydrogen) atoms. The molecule has 0 aliphatic carbocycles. The highest BCUT2D eigenvalue weighted by Gasteiger charge is 2.23. The quantitative estimate of drug-likeness (QED) is 0.634. The van der Waals surface area contributed by atoms with Gasteiger partial charge in [0.1, 0.15) is 11.5 Å². The van der Waals surface area contributed by atoms with Gasteiger partial charge in [0.2, 0.25) is 0 Å². The lowest BCUT2D eigenvalue weighted by Crippen LogP contribution is -2.27. The van der Waals surface area contributed by atoms with Crippen molar-refractivity contribution in [3.8, 4) is 0 Å². The first-order valence-corrected chi connectivity index (χ1v) is 7.16. The number of hydrogen-bond acceptors (Lipinski definition) is 4. The molecule has 2 rings (SSSR count). The maximum absolute atomic E-state index is 7.34. The van der Waals surface area contributed by atoms with Gasteiger partial charge in [0.05, 0.1) is 11.9 Å². The lowest BCUT2D eigenvalue weighted by Gasteiger charge is -2.24. The molecule has 4 nitrogen and oxygen atoms in total. The number of rotatable bonds is 2. The first-order valence-electron chi connectivity index (χ1n) is 6.17. The Morgan fingerprint density at radius 3 is 2.83 bits per heavy atom. The van der Waals surface area contributed by atoms with Gasteiger partial charge in [-0.2, -0.15) is 11.8 Å². The molecule has 1 aromatic rings. The second kappa shape index (κ2) is 5.18. The highest BCUT2D eigenvalue weighted by molar-refractivity contribution is 8.00. The summed E-state index contributed by atoms with van der Waals surface area (Å²) in [6, 6.07) is 3.83. The predicted octanol–water partition coefficient (Wildman–Crippen LogP) is 2.09. The Labute approximate surface area is 112 Å². The van der Waals surface area contributed by atoms with E-state index in [0.29, 0.717) is 10.4 Å². The lowest BCUT2D eigenvalue weighted by atomic mass is 10.1. The van der Waals surface area contributed by atoms with Crippen LogP contribution in [-0.4, -0.2) is 34.4 Å². The molecule has 2 heterocycles. The molecule has 0 spiro atoms. The molecule has 1 aliphatic heterocycles. The van der Waals surface area contributed by atoms with Crippen LogP contribution in [0.1, 0.15) is 26.0 Å². The molecule has 3 N–H and O–H groups in total. The van der Waals surface area contributed by atoms with Crippen molar-refractivity contribution in [2.45, 2.75) is 25.0 Å². The zero-order valence-electron chi connectivity index (χ0n) is 10.9. The Bertz CT molecular complexity index is 427. The number of nitrogen functional groups attached to an aromatic ring is 1. The van der Waals surface area contributed by atoms with E-state index in [1.54, 1.807) is 0 Å². The Balaban J connectivity index is 2.09. The summed E-state index contributed by atoms with van der Waals surface area (Å²) in [5, 5.41) is 7.34. The molecule has 0 atom stereocenters. The highest BCUT2D eigenvalue weighted by Crippen LogP contribution is 2.32. The molecule has 0 aromatic carbocycles. The van der Waals surface area contributed by atoms with Crippen LogP contribution in [0.2, 0.25) is 0 Å². The van der Waals surface area contributed by atoms with Crippen molar-refractivity contribution < 1.29 is 0 Å². The first-order chi connectivity index (χ1) is 8.48. The molecule has 1 aromatic heterocycles. The Kier molecular flexibility index (Phi) is 3.80. The molecule has 1 aliphatic rings. The van der Waals surface area contributed by atoms with Crippen LogP contribution in [0.25, 0.3) is 0 Å². The average molecular weight is 264 g/mol. The number of hydrogen-bond donors (Lipinski definition) is 2. The number of amidine groups is 1. The van der Waals surface area contributed by atoms with Crippen molar-refractivity contribution in [3.63, 3.8) is 0 Å². The zero-order chi connectivity index (χ0) is 13.2. The van der Waals surface area contributed by atoms with E-state index in [1.165, 1.54) is 6.42 Å². The third kappa shape index (κ3) is 3.16. The van der Waals surface area contributed by atoms with E-state index < -0.39 is 0 Å².